The van der Waals surface area contributed by atoms with Crippen molar-refractivity contribution < 1.29 is 14.3 Å². The molecule has 1 unspecified atom stereocenters. The summed E-state index contributed by atoms with van der Waals surface area (Å²) in [5, 5.41) is 2.52. The highest BCUT2D eigenvalue weighted by Crippen LogP contribution is 2.10. The quantitative estimate of drug-likeness (QED) is 0.577. The van der Waals surface area contributed by atoms with Crippen molar-refractivity contribution in [3.05, 3.63) is 24.0 Å². The number of esters is 1. The van der Waals surface area contributed by atoms with Gasteiger partial charge in [-0.1, -0.05) is 0 Å². The highest BCUT2D eigenvalue weighted by atomic mass is 16.5. The van der Waals surface area contributed by atoms with Crippen molar-refractivity contribution in [3.8, 4) is 0 Å². The number of nitrogens with zero attached hydrogens (tertiary/aromatic N) is 1. The topological polar surface area (TPSA) is 94.3 Å². The Bertz CT molecular complexity index is 420. The third-order valence-electron chi connectivity index (χ3n) is 2.09. The predicted molar refractivity (Wildman–Crippen MR) is 62.2 cm³/mol. The summed E-state index contributed by atoms with van der Waals surface area (Å²) in [7, 11) is 0. The average Bonchev–Trinajstić information content (AvgIpc) is 2.31. The van der Waals surface area contributed by atoms with Gasteiger partial charge in [-0.2, -0.15) is 0 Å². The summed E-state index contributed by atoms with van der Waals surface area (Å²) in [6.45, 7) is 3.57. The van der Waals surface area contributed by atoms with Crippen molar-refractivity contribution in [2.75, 3.05) is 11.9 Å². The highest BCUT2D eigenvalue weighted by molar-refractivity contribution is 6.08. The number of hydrogen-bond donors (Lipinski definition) is 2. The molecular weight excluding hydrogens is 222 g/mol. The molecule has 0 aromatic carbocycles. The number of carbonyl (C=O) groups excluding carboxylic acids is 2. The van der Waals surface area contributed by atoms with Gasteiger partial charge in [0.25, 0.3) is 5.91 Å². The zero-order chi connectivity index (χ0) is 12.8. The first-order valence-corrected chi connectivity index (χ1v) is 5.21. The Morgan fingerprint density at radius 3 is 2.88 bits per heavy atom. The van der Waals surface area contributed by atoms with Crippen molar-refractivity contribution >= 4 is 17.6 Å². The molecule has 1 amide bonds. The summed E-state index contributed by atoms with van der Waals surface area (Å²) >= 11 is 0. The number of ether oxygens (including phenoxy) is 1. The first-order chi connectivity index (χ1) is 8.06. The van der Waals surface area contributed by atoms with Gasteiger partial charge in [0.15, 0.2) is 6.04 Å². The summed E-state index contributed by atoms with van der Waals surface area (Å²) < 4.78 is 4.65. The van der Waals surface area contributed by atoms with Crippen LogP contribution in [0.25, 0.3) is 0 Å². The van der Waals surface area contributed by atoms with E-state index < -0.39 is 17.9 Å². The summed E-state index contributed by atoms with van der Waals surface area (Å²) in [6.07, 6.45) is 1.61. The number of pyridine rings is 1. The Kier molecular flexibility index (Phi) is 4.59. The fourth-order valence-corrected chi connectivity index (χ4v) is 1.17. The Morgan fingerprint density at radius 1 is 1.59 bits per heavy atom. The van der Waals surface area contributed by atoms with Crippen LogP contribution in [0.2, 0.25) is 0 Å². The minimum atomic E-state index is -1.32. The molecule has 1 atom stereocenters. The third kappa shape index (κ3) is 3.53. The molecule has 1 rings (SSSR count). The number of hydrogen-bond acceptors (Lipinski definition) is 5. The summed E-state index contributed by atoms with van der Waals surface area (Å²) in [5.41, 5.74) is 6.61. The molecule has 1 aromatic heterocycles. The second-order valence-electron chi connectivity index (χ2n) is 3.36. The van der Waals surface area contributed by atoms with E-state index in [9.17, 15) is 9.59 Å². The third-order valence-corrected chi connectivity index (χ3v) is 2.09. The molecule has 6 heteroatoms. The molecule has 0 aliphatic rings. The van der Waals surface area contributed by atoms with E-state index in [0.717, 1.165) is 0 Å². The molecule has 1 aromatic rings. The Hall–Kier alpha value is -1.95. The van der Waals surface area contributed by atoms with Gasteiger partial charge < -0.3 is 15.8 Å². The van der Waals surface area contributed by atoms with Gasteiger partial charge in [0, 0.05) is 6.20 Å². The van der Waals surface area contributed by atoms with E-state index in [4.69, 9.17) is 5.73 Å². The predicted octanol–water partition coefficient (Wildman–Crippen LogP) is 0.219. The second-order valence-corrected chi connectivity index (χ2v) is 3.36. The molecular formula is C11H15N3O3. The van der Waals surface area contributed by atoms with E-state index >= 15 is 0 Å². The lowest BCUT2D eigenvalue weighted by molar-refractivity contribution is -0.146. The van der Waals surface area contributed by atoms with E-state index in [1.165, 1.54) is 0 Å². The smallest absolute Gasteiger partial charge is 0.332 e. The zero-order valence-electron chi connectivity index (χ0n) is 9.77. The molecule has 0 radical (unpaired) electrons. The lowest BCUT2D eigenvalue weighted by Gasteiger charge is -2.12. The number of carbonyl (C=O) groups is 2. The van der Waals surface area contributed by atoms with E-state index in [-0.39, 0.29) is 6.61 Å². The van der Waals surface area contributed by atoms with Gasteiger partial charge in [-0.25, -0.2) is 4.79 Å². The van der Waals surface area contributed by atoms with Crippen LogP contribution in [0.15, 0.2) is 18.3 Å². The van der Waals surface area contributed by atoms with Gasteiger partial charge in [0.1, 0.15) is 0 Å². The average molecular weight is 237 g/mol. The lowest BCUT2D eigenvalue weighted by Crippen LogP contribution is -2.43. The number of amides is 1. The number of anilines is 1. The highest BCUT2D eigenvalue weighted by Gasteiger charge is 2.23. The maximum Gasteiger partial charge on any atom is 0.332 e. The molecule has 0 saturated heterocycles. The Morgan fingerprint density at radius 2 is 2.29 bits per heavy atom. The van der Waals surface area contributed by atoms with Crippen LogP contribution in [0.5, 0.6) is 0 Å². The van der Waals surface area contributed by atoms with Crippen LogP contribution in [0.1, 0.15) is 12.6 Å². The molecule has 17 heavy (non-hydrogen) atoms. The molecule has 3 N–H and O–H groups in total. The van der Waals surface area contributed by atoms with Crippen LogP contribution in [0.3, 0.4) is 0 Å². The van der Waals surface area contributed by atoms with E-state index in [1.807, 2.05) is 0 Å². The molecule has 0 bridgehead atoms. The van der Waals surface area contributed by atoms with Gasteiger partial charge in [-0.15, -0.1) is 0 Å². The second kappa shape index (κ2) is 5.95. The van der Waals surface area contributed by atoms with Crippen LogP contribution in [-0.4, -0.2) is 29.5 Å². The van der Waals surface area contributed by atoms with E-state index in [0.29, 0.717) is 11.4 Å². The van der Waals surface area contributed by atoms with Gasteiger partial charge in [-0.05, 0) is 26.0 Å². The first-order valence-electron chi connectivity index (χ1n) is 5.21. The minimum absolute atomic E-state index is 0.186. The Balaban J connectivity index is 2.67. The van der Waals surface area contributed by atoms with Crippen LogP contribution >= 0.6 is 0 Å². The van der Waals surface area contributed by atoms with Gasteiger partial charge >= 0.3 is 5.97 Å². The van der Waals surface area contributed by atoms with Crippen molar-refractivity contribution in [2.24, 2.45) is 5.73 Å². The maximum atomic E-state index is 11.6. The molecule has 0 saturated carbocycles. The van der Waals surface area contributed by atoms with Crippen molar-refractivity contribution in [1.82, 2.24) is 4.98 Å². The minimum Gasteiger partial charge on any atom is -0.464 e. The number of nitrogens with two attached hydrogens (primary N) is 1. The first kappa shape index (κ1) is 13.1. The van der Waals surface area contributed by atoms with Crippen molar-refractivity contribution in [2.45, 2.75) is 19.9 Å². The largest absolute Gasteiger partial charge is 0.464 e. The summed E-state index contributed by atoms with van der Waals surface area (Å²) in [4.78, 5) is 26.9. The van der Waals surface area contributed by atoms with Crippen LogP contribution in [-0.2, 0) is 14.3 Å². The standard InChI is InChI=1S/C11H15N3O3/c1-3-17-11(16)9(12)10(15)14-8-5-4-6-13-7(8)2/h4-6,9H,3,12H2,1-2H3,(H,14,15). The summed E-state index contributed by atoms with van der Waals surface area (Å²) in [5.74, 6) is -1.36. The maximum absolute atomic E-state index is 11.6. The van der Waals surface area contributed by atoms with Crippen LogP contribution in [0.4, 0.5) is 5.69 Å². The van der Waals surface area contributed by atoms with Crippen LogP contribution < -0.4 is 11.1 Å². The molecule has 92 valence electrons. The SMILES string of the molecule is CCOC(=O)C(N)C(=O)Nc1cccnc1C. The normalized spacial score (nSPS) is 11.7. The van der Waals surface area contributed by atoms with Gasteiger partial charge in [0.2, 0.25) is 0 Å². The monoisotopic (exact) mass is 237 g/mol. The number of rotatable bonds is 4. The number of nitrogens with one attached hydrogen (secondary N) is 1. The number of aryl methyl sites for hydroxylation is 1. The summed E-state index contributed by atoms with van der Waals surface area (Å²) in [6, 6.07) is 2.03. The number of aromatic nitrogens is 1. The molecule has 0 aliphatic carbocycles. The zero-order valence-corrected chi connectivity index (χ0v) is 9.77. The molecule has 0 aliphatic heterocycles. The molecule has 0 spiro atoms. The van der Waals surface area contributed by atoms with Crippen molar-refractivity contribution in [3.63, 3.8) is 0 Å². The molecule has 6 nitrogen and oxygen atoms in total. The fourth-order valence-electron chi connectivity index (χ4n) is 1.17. The van der Waals surface area contributed by atoms with Gasteiger partial charge in [-0.3, -0.25) is 9.78 Å². The van der Waals surface area contributed by atoms with E-state index in [1.54, 1.807) is 32.2 Å². The lowest BCUT2D eigenvalue weighted by atomic mass is 10.2. The Labute approximate surface area is 99.2 Å². The van der Waals surface area contributed by atoms with Crippen LogP contribution in [0, 0.1) is 6.92 Å². The molecule has 0 fully saturated rings. The van der Waals surface area contributed by atoms with Gasteiger partial charge in [0.05, 0.1) is 18.0 Å². The van der Waals surface area contributed by atoms with E-state index in [2.05, 4.69) is 15.0 Å². The fraction of sp³-hybridized carbons (Fsp3) is 0.364. The van der Waals surface area contributed by atoms with Crippen molar-refractivity contribution in [1.29, 1.82) is 0 Å². The molecule has 1 heterocycles.